The fourth-order valence-electron chi connectivity index (χ4n) is 3.81. The van der Waals surface area contributed by atoms with Crippen LogP contribution in [0.25, 0.3) is 0 Å². The smallest absolute Gasteiger partial charge is 0.246 e. The van der Waals surface area contributed by atoms with Crippen LogP contribution in [0, 0.1) is 0 Å². The molecule has 3 rings (SSSR count). The molecule has 0 unspecified atom stereocenters. The van der Waals surface area contributed by atoms with Gasteiger partial charge in [0.15, 0.2) is 0 Å². The molecular weight excluding hydrogens is 430 g/mol. The zero-order chi connectivity index (χ0) is 23.3. The maximum atomic E-state index is 13.4. The van der Waals surface area contributed by atoms with E-state index in [9.17, 15) is 13.5 Å². The van der Waals surface area contributed by atoms with Gasteiger partial charge in [-0.3, -0.25) is 0 Å². The predicted octanol–water partition coefficient (Wildman–Crippen LogP) is 2.76. The maximum absolute atomic E-state index is 13.4. The Bertz CT molecular complexity index is 999. The quantitative estimate of drug-likeness (QED) is 0.612. The Morgan fingerprint density at radius 1 is 1.00 bits per heavy atom. The molecule has 0 atom stereocenters. The highest BCUT2D eigenvalue weighted by atomic mass is 32.2. The van der Waals surface area contributed by atoms with Crippen LogP contribution in [0.5, 0.6) is 17.2 Å². The Labute approximate surface area is 191 Å². The normalized spacial score (nSPS) is 15.2. The molecule has 1 aliphatic heterocycles. The summed E-state index contributed by atoms with van der Waals surface area (Å²) in [7, 11) is -0.152. The van der Waals surface area contributed by atoms with Gasteiger partial charge >= 0.3 is 0 Å². The molecule has 2 aromatic rings. The number of piperazine rings is 1. The van der Waals surface area contributed by atoms with Crippen LogP contribution >= 0.6 is 0 Å². The van der Waals surface area contributed by atoms with Gasteiger partial charge in [-0.15, -0.1) is 0 Å². The molecule has 0 saturated carbocycles. The topological polar surface area (TPSA) is 82.6 Å². The Kier molecular flexibility index (Phi) is 8.00. The average Bonchev–Trinajstić information content (AvgIpc) is 2.80. The van der Waals surface area contributed by atoms with E-state index in [0.717, 1.165) is 31.9 Å². The van der Waals surface area contributed by atoms with Crippen LogP contribution in [0.2, 0.25) is 0 Å². The summed E-state index contributed by atoms with van der Waals surface area (Å²) in [5.74, 6) is 1.43. The van der Waals surface area contributed by atoms with E-state index in [1.165, 1.54) is 4.31 Å². The first-order valence-electron chi connectivity index (χ1n) is 10.9. The van der Waals surface area contributed by atoms with E-state index in [4.69, 9.17) is 9.47 Å². The van der Waals surface area contributed by atoms with E-state index in [0.29, 0.717) is 30.2 Å². The number of methoxy groups -OCH3 is 1. The standard InChI is InChI=1S/C23H33N3O5S/c1-5-26(6-2)32(28,29)23-15-18(17-27)21(25-13-11-24(3)12-14-25)16-22(23)31-20-9-7-19(30-4)8-10-20/h7-10,15-16,27H,5-6,11-14,17H2,1-4H3. The number of aliphatic hydroxyl groups excluding tert-OH is 1. The molecule has 9 heteroatoms. The van der Waals surface area contributed by atoms with Crippen LogP contribution in [-0.2, 0) is 16.6 Å². The molecule has 1 heterocycles. The van der Waals surface area contributed by atoms with Gasteiger partial charge in [0.05, 0.1) is 13.7 Å². The van der Waals surface area contributed by atoms with Gasteiger partial charge in [-0.25, -0.2) is 8.42 Å². The van der Waals surface area contributed by atoms with Crippen LogP contribution < -0.4 is 14.4 Å². The minimum atomic E-state index is -3.81. The molecule has 32 heavy (non-hydrogen) atoms. The molecule has 1 aliphatic rings. The number of nitrogens with zero attached hydrogens (tertiary/aromatic N) is 3. The van der Waals surface area contributed by atoms with Crippen LogP contribution in [0.3, 0.4) is 0 Å². The number of hydrogen-bond donors (Lipinski definition) is 1. The van der Waals surface area contributed by atoms with E-state index >= 15 is 0 Å². The highest BCUT2D eigenvalue weighted by molar-refractivity contribution is 7.89. The molecule has 0 amide bonds. The molecule has 1 N–H and O–H groups in total. The third-order valence-electron chi connectivity index (χ3n) is 5.77. The van der Waals surface area contributed by atoms with Crippen LogP contribution in [0.15, 0.2) is 41.3 Å². The Morgan fingerprint density at radius 2 is 1.59 bits per heavy atom. The Morgan fingerprint density at radius 3 is 2.12 bits per heavy atom. The fourth-order valence-corrected chi connectivity index (χ4v) is 5.42. The van der Waals surface area contributed by atoms with Crippen LogP contribution in [0.4, 0.5) is 5.69 Å². The van der Waals surface area contributed by atoms with E-state index in [-0.39, 0.29) is 17.3 Å². The minimum absolute atomic E-state index is 0.0546. The van der Waals surface area contributed by atoms with E-state index in [2.05, 4.69) is 16.8 Å². The summed E-state index contributed by atoms with van der Waals surface area (Å²) in [4.78, 5) is 4.46. The van der Waals surface area contributed by atoms with Gasteiger partial charge < -0.3 is 24.4 Å². The number of ether oxygens (including phenoxy) is 2. The summed E-state index contributed by atoms with van der Waals surface area (Å²) >= 11 is 0. The summed E-state index contributed by atoms with van der Waals surface area (Å²) in [5.41, 5.74) is 1.37. The lowest BCUT2D eigenvalue weighted by Crippen LogP contribution is -2.44. The van der Waals surface area contributed by atoms with Gasteiger partial charge in [0.2, 0.25) is 10.0 Å². The zero-order valence-corrected chi connectivity index (χ0v) is 20.1. The Balaban J connectivity index is 2.11. The monoisotopic (exact) mass is 463 g/mol. The molecule has 0 spiro atoms. The van der Waals surface area contributed by atoms with Crippen molar-refractivity contribution in [2.75, 3.05) is 58.3 Å². The summed E-state index contributed by atoms with van der Waals surface area (Å²) in [6, 6.07) is 10.3. The molecule has 8 nitrogen and oxygen atoms in total. The molecule has 0 radical (unpaired) electrons. The van der Waals surface area contributed by atoms with Crippen molar-refractivity contribution in [1.29, 1.82) is 0 Å². The van der Waals surface area contributed by atoms with Gasteiger partial charge in [0, 0.05) is 56.6 Å². The molecule has 1 fully saturated rings. The fraction of sp³-hybridized carbons (Fsp3) is 0.478. The largest absolute Gasteiger partial charge is 0.497 e. The van der Waals surface area contributed by atoms with Crippen molar-refractivity contribution in [2.45, 2.75) is 25.3 Å². The van der Waals surface area contributed by atoms with Gasteiger partial charge in [0.25, 0.3) is 0 Å². The highest BCUT2D eigenvalue weighted by Gasteiger charge is 2.29. The molecule has 0 aliphatic carbocycles. The molecular formula is C23H33N3O5S. The summed E-state index contributed by atoms with van der Waals surface area (Å²) in [5, 5.41) is 10.1. The van der Waals surface area contributed by atoms with Gasteiger partial charge in [-0.1, -0.05) is 13.8 Å². The van der Waals surface area contributed by atoms with E-state index < -0.39 is 10.0 Å². The molecule has 176 valence electrons. The van der Waals surface area contributed by atoms with Crippen molar-refractivity contribution in [3.63, 3.8) is 0 Å². The predicted molar refractivity (Wildman–Crippen MR) is 125 cm³/mol. The Hall–Kier alpha value is -2.33. The highest BCUT2D eigenvalue weighted by Crippen LogP contribution is 2.38. The average molecular weight is 464 g/mol. The lowest BCUT2D eigenvalue weighted by Gasteiger charge is -2.35. The number of anilines is 1. The van der Waals surface area contributed by atoms with Crippen LogP contribution in [0.1, 0.15) is 19.4 Å². The van der Waals surface area contributed by atoms with Crippen molar-refractivity contribution >= 4 is 15.7 Å². The maximum Gasteiger partial charge on any atom is 0.246 e. The van der Waals surface area contributed by atoms with E-state index in [1.807, 2.05) is 0 Å². The first kappa shape index (κ1) is 24.3. The second-order valence-electron chi connectivity index (χ2n) is 7.74. The number of sulfonamides is 1. The first-order chi connectivity index (χ1) is 15.3. The molecule has 1 saturated heterocycles. The molecule has 2 aromatic carbocycles. The van der Waals surface area contributed by atoms with Crippen LogP contribution in [-0.4, -0.2) is 76.2 Å². The third kappa shape index (κ3) is 5.17. The van der Waals surface area contributed by atoms with Crippen molar-refractivity contribution in [3.8, 4) is 17.2 Å². The molecule has 0 aromatic heterocycles. The van der Waals surface area contributed by atoms with Gasteiger partial charge in [-0.05, 0) is 37.4 Å². The van der Waals surface area contributed by atoms with Crippen molar-refractivity contribution in [3.05, 3.63) is 42.0 Å². The van der Waals surface area contributed by atoms with Gasteiger partial charge in [-0.2, -0.15) is 4.31 Å². The number of hydrogen-bond acceptors (Lipinski definition) is 7. The lowest BCUT2D eigenvalue weighted by molar-refractivity contribution is 0.279. The van der Waals surface area contributed by atoms with Crippen molar-refractivity contribution < 1.29 is 23.0 Å². The lowest BCUT2D eigenvalue weighted by atomic mass is 10.1. The van der Waals surface area contributed by atoms with Crippen molar-refractivity contribution in [2.24, 2.45) is 0 Å². The third-order valence-corrected chi connectivity index (χ3v) is 7.84. The van der Waals surface area contributed by atoms with Gasteiger partial charge in [0.1, 0.15) is 22.1 Å². The summed E-state index contributed by atoms with van der Waals surface area (Å²) in [6.07, 6.45) is 0. The van der Waals surface area contributed by atoms with E-state index in [1.54, 1.807) is 57.4 Å². The second-order valence-corrected chi connectivity index (χ2v) is 9.65. The van der Waals surface area contributed by atoms with Crippen molar-refractivity contribution in [1.82, 2.24) is 9.21 Å². The SMILES string of the molecule is CCN(CC)S(=O)(=O)c1cc(CO)c(N2CCN(C)CC2)cc1Oc1ccc(OC)cc1. The second kappa shape index (κ2) is 10.5. The summed E-state index contributed by atoms with van der Waals surface area (Å²) < 4.78 is 39.6. The molecule has 0 bridgehead atoms. The number of benzene rings is 2. The summed E-state index contributed by atoms with van der Waals surface area (Å²) in [6.45, 7) is 7.38. The number of rotatable bonds is 9. The number of likely N-dealkylation sites (N-methyl/N-ethyl adjacent to an activating group) is 1. The zero-order valence-electron chi connectivity index (χ0n) is 19.2. The minimum Gasteiger partial charge on any atom is -0.497 e. The first-order valence-corrected chi connectivity index (χ1v) is 12.3. The number of aliphatic hydroxyl groups is 1.